The molecule has 0 bridgehead atoms. The summed E-state index contributed by atoms with van der Waals surface area (Å²) in [5.41, 5.74) is 0.619. The van der Waals surface area contributed by atoms with E-state index < -0.39 is 5.97 Å². The molecule has 0 saturated heterocycles. The zero-order valence-electron chi connectivity index (χ0n) is 18.0. The molecule has 0 fully saturated rings. The SMILES string of the molecule is CCCCCCCCCCCCCC(=O)OCC(C)c1ncccc1C(=O)O.Cl. The Bertz CT molecular complexity index is 580. The van der Waals surface area contributed by atoms with E-state index in [-0.39, 0.29) is 36.5 Å². The second-order valence-corrected chi connectivity index (χ2v) is 7.61. The minimum absolute atomic E-state index is 0. The Morgan fingerprint density at radius 3 is 2.10 bits per heavy atom. The van der Waals surface area contributed by atoms with Crippen molar-refractivity contribution in [3.05, 3.63) is 29.6 Å². The number of pyridine rings is 1. The molecule has 1 aromatic rings. The fraction of sp³-hybridized carbons (Fsp3) is 0.696. The van der Waals surface area contributed by atoms with Crippen molar-refractivity contribution in [2.75, 3.05) is 6.61 Å². The third-order valence-electron chi connectivity index (χ3n) is 5.01. The lowest BCUT2D eigenvalue weighted by atomic mass is 10.0. The molecule has 29 heavy (non-hydrogen) atoms. The standard InChI is InChI=1S/C23H37NO4.ClH/c1-3-4-5-6-7-8-9-10-11-12-13-16-21(25)28-18-19(2)22-20(23(26)27)15-14-17-24-22;/h14-15,17,19H,3-13,16,18H2,1-2H3,(H,26,27);1H. The quantitative estimate of drug-likeness (QED) is 0.239. The van der Waals surface area contributed by atoms with Gasteiger partial charge in [-0.3, -0.25) is 9.78 Å². The van der Waals surface area contributed by atoms with Crippen molar-refractivity contribution < 1.29 is 19.4 Å². The minimum atomic E-state index is -1.01. The summed E-state index contributed by atoms with van der Waals surface area (Å²) in [6.45, 7) is 4.23. The number of aromatic nitrogens is 1. The lowest BCUT2D eigenvalue weighted by molar-refractivity contribution is -0.144. The summed E-state index contributed by atoms with van der Waals surface area (Å²) in [7, 11) is 0. The van der Waals surface area contributed by atoms with Gasteiger partial charge in [0, 0.05) is 18.5 Å². The van der Waals surface area contributed by atoms with Crippen molar-refractivity contribution in [3.63, 3.8) is 0 Å². The van der Waals surface area contributed by atoms with E-state index in [0.29, 0.717) is 12.1 Å². The van der Waals surface area contributed by atoms with Crippen molar-refractivity contribution >= 4 is 24.3 Å². The van der Waals surface area contributed by atoms with Crippen LogP contribution in [0, 0.1) is 0 Å². The number of hydrogen-bond donors (Lipinski definition) is 1. The number of esters is 1. The minimum Gasteiger partial charge on any atom is -0.478 e. The Morgan fingerprint density at radius 2 is 1.55 bits per heavy atom. The molecule has 166 valence electrons. The number of carbonyl (C=O) groups excluding carboxylic acids is 1. The molecule has 0 aliphatic heterocycles. The molecule has 1 unspecified atom stereocenters. The van der Waals surface area contributed by atoms with Gasteiger partial charge < -0.3 is 9.84 Å². The third kappa shape index (κ3) is 12.5. The zero-order valence-corrected chi connectivity index (χ0v) is 18.8. The lowest BCUT2D eigenvalue weighted by Gasteiger charge is -2.13. The monoisotopic (exact) mass is 427 g/mol. The first-order chi connectivity index (χ1) is 13.6. The van der Waals surface area contributed by atoms with E-state index in [1.165, 1.54) is 63.9 Å². The molecule has 0 aromatic carbocycles. The summed E-state index contributed by atoms with van der Waals surface area (Å²) in [5.74, 6) is -1.47. The Hall–Kier alpha value is -1.62. The van der Waals surface area contributed by atoms with Gasteiger partial charge in [0.2, 0.25) is 0 Å². The number of unbranched alkanes of at least 4 members (excludes halogenated alkanes) is 10. The van der Waals surface area contributed by atoms with Gasteiger partial charge >= 0.3 is 11.9 Å². The first-order valence-electron chi connectivity index (χ1n) is 10.9. The number of carbonyl (C=O) groups is 2. The molecule has 1 N–H and O–H groups in total. The number of nitrogens with zero attached hydrogens (tertiary/aromatic N) is 1. The largest absolute Gasteiger partial charge is 0.478 e. The highest BCUT2D eigenvalue weighted by Gasteiger charge is 2.18. The molecule has 0 aliphatic rings. The Morgan fingerprint density at radius 1 is 1.00 bits per heavy atom. The first kappa shape index (κ1) is 27.4. The predicted octanol–water partition coefficient (Wildman–Crippen LogP) is 6.55. The van der Waals surface area contributed by atoms with E-state index in [4.69, 9.17) is 4.74 Å². The van der Waals surface area contributed by atoms with Gasteiger partial charge in [0.25, 0.3) is 0 Å². The fourth-order valence-corrected chi connectivity index (χ4v) is 3.29. The van der Waals surface area contributed by atoms with E-state index in [2.05, 4.69) is 11.9 Å². The van der Waals surface area contributed by atoms with Crippen molar-refractivity contribution in [1.82, 2.24) is 4.98 Å². The number of aromatic carboxylic acids is 1. The van der Waals surface area contributed by atoms with Crippen LogP contribution in [0.15, 0.2) is 18.3 Å². The number of rotatable bonds is 16. The van der Waals surface area contributed by atoms with Crippen molar-refractivity contribution in [2.45, 2.75) is 96.8 Å². The maximum Gasteiger partial charge on any atom is 0.337 e. The van der Waals surface area contributed by atoms with Gasteiger partial charge in [0.05, 0.1) is 17.9 Å². The molecule has 1 rings (SSSR count). The van der Waals surface area contributed by atoms with E-state index in [0.717, 1.165) is 12.8 Å². The van der Waals surface area contributed by atoms with Crippen molar-refractivity contribution in [3.8, 4) is 0 Å². The van der Waals surface area contributed by atoms with Crippen LogP contribution in [-0.4, -0.2) is 28.6 Å². The molecule has 0 amide bonds. The van der Waals surface area contributed by atoms with Gasteiger partial charge in [-0.25, -0.2) is 4.79 Å². The smallest absolute Gasteiger partial charge is 0.337 e. The summed E-state index contributed by atoms with van der Waals surface area (Å²) in [6, 6.07) is 3.12. The molecule has 1 aromatic heterocycles. The van der Waals surface area contributed by atoms with Crippen LogP contribution in [-0.2, 0) is 9.53 Å². The van der Waals surface area contributed by atoms with Crippen LogP contribution in [0.3, 0.4) is 0 Å². The van der Waals surface area contributed by atoms with Crippen LogP contribution in [0.4, 0.5) is 0 Å². The summed E-state index contributed by atoms with van der Waals surface area (Å²) in [6.07, 6.45) is 15.7. The van der Waals surface area contributed by atoms with Crippen LogP contribution in [0.5, 0.6) is 0 Å². The van der Waals surface area contributed by atoms with Crippen molar-refractivity contribution in [1.29, 1.82) is 0 Å². The van der Waals surface area contributed by atoms with E-state index in [1.807, 2.05) is 6.92 Å². The molecular weight excluding hydrogens is 390 g/mol. The van der Waals surface area contributed by atoms with E-state index in [9.17, 15) is 14.7 Å². The van der Waals surface area contributed by atoms with Crippen LogP contribution < -0.4 is 0 Å². The molecule has 6 heteroatoms. The molecule has 0 aliphatic carbocycles. The fourth-order valence-electron chi connectivity index (χ4n) is 3.29. The topological polar surface area (TPSA) is 76.5 Å². The zero-order chi connectivity index (χ0) is 20.6. The number of hydrogen-bond acceptors (Lipinski definition) is 4. The molecule has 0 spiro atoms. The normalized spacial score (nSPS) is 11.5. The van der Waals surface area contributed by atoms with E-state index in [1.54, 1.807) is 12.3 Å². The van der Waals surface area contributed by atoms with Gasteiger partial charge in [-0.2, -0.15) is 0 Å². The molecule has 0 radical (unpaired) electrons. The highest BCUT2D eigenvalue weighted by Crippen LogP contribution is 2.18. The number of carboxylic acid groups (broad SMARTS) is 1. The van der Waals surface area contributed by atoms with Crippen LogP contribution >= 0.6 is 12.4 Å². The van der Waals surface area contributed by atoms with Crippen LogP contribution in [0.25, 0.3) is 0 Å². The van der Waals surface area contributed by atoms with E-state index >= 15 is 0 Å². The summed E-state index contributed by atoms with van der Waals surface area (Å²) < 4.78 is 5.31. The van der Waals surface area contributed by atoms with Crippen LogP contribution in [0.2, 0.25) is 0 Å². The lowest BCUT2D eigenvalue weighted by Crippen LogP contribution is -2.15. The summed E-state index contributed by atoms with van der Waals surface area (Å²) >= 11 is 0. The highest BCUT2D eigenvalue weighted by molar-refractivity contribution is 5.89. The Kier molecular flexibility index (Phi) is 16.3. The maximum atomic E-state index is 11.9. The molecule has 1 heterocycles. The summed E-state index contributed by atoms with van der Waals surface area (Å²) in [5, 5.41) is 9.21. The highest BCUT2D eigenvalue weighted by atomic mass is 35.5. The second-order valence-electron chi connectivity index (χ2n) is 7.61. The average Bonchev–Trinajstić information content (AvgIpc) is 2.70. The van der Waals surface area contributed by atoms with Crippen LogP contribution in [0.1, 0.15) is 113 Å². The molecular formula is C23H38ClNO4. The number of halogens is 1. The maximum absolute atomic E-state index is 11.9. The second kappa shape index (κ2) is 17.3. The molecule has 0 saturated carbocycles. The third-order valence-corrected chi connectivity index (χ3v) is 5.01. The number of ether oxygens (including phenoxy) is 1. The van der Waals surface area contributed by atoms with Crippen molar-refractivity contribution in [2.24, 2.45) is 0 Å². The van der Waals surface area contributed by atoms with Gasteiger partial charge in [-0.15, -0.1) is 12.4 Å². The van der Waals surface area contributed by atoms with Gasteiger partial charge in [-0.05, 0) is 18.6 Å². The van der Waals surface area contributed by atoms with Gasteiger partial charge in [-0.1, -0.05) is 78.1 Å². The Labute approximate surface area is 182 Å². The van der Waals surface area contributed by atoms with Gasteiger partial charge in [0.15, 0.2) is 0 Å². The van der Waals surface area contributed by atoms with Gasteiger partial charge in [0.1, 0.15) is 0 Å². The predicted molar refractivity (Wildman–Crippen MR) is 119 cm³/mol. The summed E-state index contributed by atoms with van der Waals surface area (Å²) in [4.78, 5) is 27.3. The first-order valence-corrected chi connectivity index (χ1v) is 10.9. The Balaban J connectivity index is 0.00000784. The average molecular weight is 428 g/mol. The number of carboxylic acids is 1. The molecule has 5 nitrogen and oxygen atoms in total. The molecule has 1 atom stereocenters.